The van der Waals surface area contributed by atoms with Crippen LogP contribution in [0.5, 0.6) is 0 Å². The summed E-state index contributed by atoms with van der Waals surface area (Å²) < 4.78 is 0. The molecule has 1 aromatic rings. The summed E-state index contributed by atoms with van der Waals surface area (Å²) >= 11 is 0. The molecule has 3 heteroatoms. The Kier molecular flexibility index (Phi) is 5.17. The van der Waals surface area contributed by atoms with Crippen molar-refractivity contribution in [3.8, 4) is 0 Å². The van der Waals surface area contributed by atoms with Gasteiger partial charge in [-0.05, 0) is 36.7 Å². The van der Waals surface area contributed by atoms with E-state index in [1.807, 2.05) is 0 Å². The molecule has 1 aromatic carbocycles. The summed E-state index contributed by atoms with van der Waals surface area (Å²) in [5.41, 5.74) is 1.34. The first-order valence-corrected chi connectivity index (χ1v) is 8.83. The molecular formula is C19H30N2O. The number of β-amino-alcohol motifs (C(OH)–C–C–N with tert-alkyl or cyclic N) is 1. The molecule has 3 unspecified atom stereocenters. The predicted molar refractivity (Wildman–Crippen MR) is 90.6 cm³/mol. The largest absolute Gasteiger partial charge is 0.392 e. The Morgan fingerprint density at radius 1 is 1.23 bits per heavy atom. The maximum Gasteiger partial charge on any atom is 0.0682 e. The highest BCUT2D eigenvalue weighted by Gasteiger charge is 2.35. The van der Waals surface area contributed by atoms with Crippen molar-refractivity contribution in [3.05, 3.63) is 35.9 Å². The second-order valence-corrected chi connectivity index (χ2v) is 7.47. The van der Waals surface area contributed by atoms with E-state index in [9.17, 15) is 5.11 Å². The van der Waals surface area contributed by atoms with Gasteiger partial charge in [-0.25, -0.2) is 0 Å². The molecule has 22 heavy (non-hydrogen) atoms. The lowest BCUT2D eigenvalue weighted by atomic mass is 9.99. The number of rotatable bonds is 7. The maximum atomic E-state index is 10.1. The normalized spacial score (nSPS) is 27.5. The van der Waals surface area contributed by atoms with Crippen molar-refractivity contribution in [1.82, 2.24) is 10.2 Å². The van der Waals surface area contributed by atoms with Crippen LogP contribution in [0.1, 0.15) is 38.7 Å². The Bertz CT molecular complexity index is 456. The molecule has 0 bridgehead atoms. The molecule has 0 aromatic heterocycles. The van der Waals surface area contributed by atoms with Crippen molar-refractivity contribution in [2.45, 2.75) is 57.8 Å². The number of hydrogen-bond acceptors (Lipinski definition) is 3. The Morgan fingerprint density at radius 3 is 2.59 bits per heavy atom. The molecular weight excluding hydrogens is 272 g/mol. The third-order valence-electron chi connectivity index (χ3n) is 5.17. The van der Waals surface area contributed by atoms with Crippen molar-refractivity contribution in [3.63, 3.8) is 0 Å². The second-order valence-electron chi connectivity index (χ2n) is 7.47. The minimum atomic E-state index is -0.172. The number of aliphatic hydroxyl groups is 1. The van der Waals surface area contributed by atoms with Crippen molar-refractivity contribution >= 4 is 0 Å². The van der Waals surface area contributed by atoms with Crippen molar-refractivity contribution in [2.75, 3.05) is 13.1 Å². The minimum absolute atomic E-state index is 0.172. The third-order valence-corrected chi connectivity index (χ3v) is 5.17. The third kappa shape index (κ3) is 4.09. The van der Waals surface area contributed by atoms with Crippen LogP contribution in [0.4, 0.5) is 0 Å². The number of nitrogens with one attached hydrogen (secondary N) is 1. The van der Waals surface area contributed by atoms with Gasteiger partial charge >= 0.3 is 0 Å². The molecule has 0 radical (unpaired) electrons. The second kappa shape index (κ2) is 7.12. The van der Waals surface area contributed by atoms with Crippen molar-refractivity contribution < 1.29 is 5.11 Å². The molecule has 122 valence electrons. The molecule has 2 aliphatic rings. The standard InChI is InChI=1S/C19H30N2O/c1-14(2)19(16-8-9-16)20-11-17-10-18(22)13-21(17)12-15-6-4-3-5-7-15/h3-7,14,16-20,22H,8-13H2,1-2H3. The van der Waals surface area contributed by atoms with E-state index in [-0.39, 0.29) is 6.10 Å². The van der Waals surface area contributed by atoms with Gasteiger partial charge in [0.1, 0.15) is 0 Å². The zero-order chi connectivity index (χ0) is 15.5. The Labute approximate surface area is 134 Å². The fraction of sp³-hybridized carbons (Fsp3) is 0.684. The van der Waals surface area contributed by atoms with Crippen LogP contribution in [-0.4, -0.2) is 41.3 Å². The van der Waals surface area contributed by atoms with Crippen LogP contribution < -0.4 is 5.32 Å². The minimum Gasteiger partial charge on any atom is -0.392 e. The molecule has 1 aliphatic heterocycles. The Morgan fingerprint density at radius 2 is 1.95 bits per heavy atom. The fourth-order valence-corrected chi connectivity index (χ4v) is 3.86. The Hall–Kier alpha value is -0.900. The molecule has 1 heterocycles. The van der Waals surface area contributed by atoms with Crippen LogP contribution in [0.3, 0.4) is 0 Å². The van der Waals surface area contributed by atoms with E-state index < -0.39 is 0 Å². The Balaban J connectivity index is 1.56. The number of aliphatic hydroxyl groups excluding tert-OH is 1. The molecule has 3 nitrogen and oxygen atoms in total. The summed E-state index contributed by atoms with van der Waals surface area (Å²) in [5, 5.41) is 13.9. The SMILES string of the molecule is CC(C)C(NCC1CC(O)CN1Cc1ccccc1)C1CC1. The van der Waals surface area contributed by atoms with E-state index in [2.05, 4.69) is 54.4 Å². The molecule has 2 N–H and O–H groups in total. The highest BCUT2D eigenvalue weighted by atomic mass is 16.3. The van der Waals surface area contributed by atoms with Crippen molar-refractivity contribution in [1.29, 1.82) is 0 Å². The number of nitrogens with zero attached hydrogens (tertiary/aromatic N) is 1. The summed E-state index contributed by atoms with van der Waals surface area (Å²) in [4.78, 5) is 2.44. The smallest absolute Gasteiger partial charge is 0.0682 e. The van der Waals surface area contributed by atoms with E-state index in [0.717, 1.165) is 32.0 Å². The van der Waals surface area contributed by atoms with Gasteiger partial charge in [-0.15, -0.1) is 0 Å². The van der Waals surface area contributed by atoms with Crippen LogP contribution in [0, 0.1) is 11.8 Å². The fourth-order valence-electron chi connectivity index (χ4n) is 3.86. The van der Waals surface area contributed by atoms with Gasteiger partial charge in [0.05, 0.1) is 6.10 Å². The van der Waals surface area contributed by atoms with E-state index in [1.54, 1.807) is 0 Å². The first-order valence-electron chi connectivity index (χ1n) is 8.83. The summed E-state index contributed by atoms with van der Waals surface area (Å²) in [6.07, 6.45) is 3.50. The van der Waals surface area contributed by atoms with Gasteiger partial charge in [-0.3, -0.25) is 4.90 Å². The highest BCUT2D eigenvalue weighted by molar-refractivity contribution is 5.15. The number of hydrogen-bond donors (Lipinski definition) is 2. The molecule has 1 saturated heterocycles. The molecule has 0 spiro atoms. The summed E-state index contributed by atoms with van der Waals surface area (Å²) in [6, 6.07) is 11.7. The van der Waals surface area contributed by atoms with Gasteiger partial charge in [-0.2, -0.15) is 0 Å². The topological polar surface area (TPSA) is 35.5 Å². The lowest BCUT2D eigenvalue weighted by Crippen LogP contribution is -2.44. The van der Waals surface area contributed by atoms with Crippen LogP contribution in [0.15, 0.2) is 30.3 Å². The molecule has 2 fully saturated rings. The highest BCUT2D eigenvalue weighted by Crippen LogP contribution is 2.35. The van der Waals surface area contributed by atoms with Gasteiger partial charge in [-0.1, -0.05) is 44.2 Å². The predicted octanol–water partition coefficient (Wildman–Crippen LogP) is 2.65. The van der Waals surface area contributed by atoms with Gasteiger partial charge in [0.15, 0.2) is 0 Å². The van der Waals surface area contributed by atoms with E-state index in [4.69, 9.17) is 0 Å². The summed E-state index contributed by atoms with van der Waals surface area (Å²) in [5.74, 6) is 1.58. The zero-order valence-electron chi connectivity index (χ0n) is 13.9. The average molecular weight is 302 g/mol. The molecule has 0 amide bonds. The van der Waals surface area contributed by atoms with Crippen LogP contribution in [0.25, 0.3) is 0 Å². The number of likely N-dealkylation sites (tertiary alicyclic amines) is 1. The molecule has 1 aliphatic carbocycles. The van der Waals surface area contributed by atoms with Crippen LogP contribution in [0.2, 0.25) is 0 Å². The quantitative estimate of drug-likeness (QED) is 0.813. The number of benzene rings is 1. The summed E-state index contributed by atoms with van der Waals surface area (Å²) in [7, 11) is 0. The lowest BCUT2D eigenvalue weighted by Gasteiger charge is -2.28. The first-order chi connectivity index (χ1) is 10.6. The van der Waals surface area contributed by atoms with Gasteiger partial charge < -0.3 is 10.4 Å². The lowest BCUT2D eigenvalue weighted by molar-refractivity contribution is 0.172. The van der Waals surface area contributed by atoms with E-state index in [0.29, 0.717) is 18.0 Å². The molecule has 3 rings (SSSR count). The maximum absolute atomic E-state index is 10.1. The summed E-state index contributed by atoms with van der Waals surface area (Å²) in [6.45, 7) is 7.39. The monoisotopic (exact) mass is 302 g/mol. The van der Waals surface area contributed by atoms with Gasteiger partial charge in [0.25, 0.3) is 0 Å². The first kappa shape index (κ1) is 16.0. The zero-order valence-corrected chi connectivity index (χ0v) is 13.9. The van der Waals surface area contributed by atoms with Crippen molar-refractivity contribution in [2.24, 2.45) is 11.8 Å². The van der Waals surface area contributed by atoms with Gasteiger partial charge in [0, 0.05) is 31.7 Å². The van der Waals surface area contributed by atoms with E-state index >= 15 is 0 Å². The molecule has 3 atom stereocenters. The van der Waals surface area contributed by atoms with Crippen LogP contribution in [-0.2, 0) is 6.54 Å². The van der Waals surface area contributed by atoms with Gasteiger partial charge in [0.2, 0.25) is 0 Å². The van der Waals surface area contributed by atoms with E-state index in [1.165, 1.54) is 18.4 Å². The molecule has 1 saturated carbocycles. The van der Waals surface area contributed by atoms with Crippen LogP contribution >= 0.6 is 0 Å². The average Bonchev–Trinajstić information content (AvgIpc) is 3.25.